The summed E-state index contributed by atoms with van der Waals surface area (Å²) in [5, 5.41) is 0. The normalized spacial score (nSPS) is 11.2. The molecule has 0 heterocycles. The molecular formula is C15H31. The van der Waals surface area contributed by atoms with Crippen LogP contribution in [0.2, 0.25) is 0 Å². The first-order valence-electron chi connectivity index (χ1n) is 7.06. The van der Waals surface area contributed by atoms with Gasteiger partial charge < -0.3 is 0 Å². The van der Waals surface area contributed by atoms with Crippen molar-refractivity contribution in [3.63, 3.8) is 0 Å². The van der Waals surface area contributed by atoms with Crippen LogP contribution in [0.4, 0.5) is 0 Å². The zero-order valence-electron chi connectivity index (χ0n) is 11.3. The molecule has 0 spiro atoms. The topological polar surface area (TPSA) is 0 Å². The summed E-state index contributed by atoms with van der Waals surface area (Å²) in [5.74, 6) is 1.59. The molecule has 1 radical (unpaired) electrons. The van der Waals surface area contributed by atoms with E-state index in [4.69, 9.17) is 0 Å². The Morgan fingerprint density at radius 1 is 0.600 bits per heavy atom. The van der Waals surface area contributed by atoms with E-state index in [0.717, 1.165) is 0 Å². The van der Waals surface area contributed by atoms with Gasteiger partial charge in [0, 0.05) is 0 Å². The number of hydrogen-bond acceptors (Lipinski definition) is 0. The third-order valence-electron chi connectivity index (χ3n) is 3.03. The summed E-state index contributed by atoms with van der Waals surface area (Å²) in [6.07, 6.45) is 15.8. The summed E-state index contributed by atoms with van der Waals surface area (Å²) in [7, 11) is 0. The average molecular weight is 211 g/mol. The van der Waals surface area contributed by atoms with Crippen molar-refractivity contribution in [3.05, 3.63) is 5.92 Å². The highest BCUT2D eigenvalue weighted by Gasteiger charge is 1.95. The van der Waals surface area contributed by atoms with Gasteiger partial charge in [-0.1, -0.05) is 85.0 Å². The van der Waals surface area contributed by atoms with Crippen molar-refractivity contribution in [2.24, 2.45) is 0 Å². The van der Waals surface area contributed by atoms with E-state index in [2.05, 4.69) is 20.8 Å². The van der Waals surface area contributed by atoms with Crippen molar-refractivity contribution in [1.29, 1.82) is 0 Å². The molecule has 0 aromatic carbocycles. The minimum Gasteiger partial charge on any atom is -0.0654 e. The standard InChI is InChI=1S/C15H31/c1-4-5-6-7-8-9-10-11-12-13-14-15(2)3/h4-14H2,1-3H3. The Morgan fingerprint density at radius 3 is 1.40 bits per heavy atom. The molecule has 0 bridgehead atoms. The zero-order chi connectivity index (χ0) is 11.4. The molecule has 0 saturated carbocycles. The largest absolute Gasteiger partial charge is 0.0654 e. The van der Waals surface area contributed by atoms with Gasteiger partial charge in [0.05, 0.1) is 0 Å². The van der Waals surface area contributed by atoms with Crippen LogP contribution in [-0.2, 0) is 0 Å². The smallest absolute Gasteiger partial charge is 0.0303 e. The molecule has 0 unspecified atom stereocenters. The molecule has 0 nitrogen and oxygen atoms in total. The fourth-order valence-electron chi connectivity index (χ4n) is 1.97. The maximum Gasteiger partial charge on any atom is -0.0303 e. The molecule has 0 aliphatic heterocycles. The van der Waals surface area contributed by atoms with Gasteiger partial charge in [-0.05, 0) is 12.3 Å². The fourth-order valence-corrected chi connectivity index (χ4v) is 1.97. The molecule has 0 amide bonds. The van der Waals surface area contributed by atoms with Crippen LogP contribution in [0.5, 0.6) is 0 Å². The second-order valence-electron chi connectivity index (χ2n) is 5.14. The van der Waals surface area contributed by atoms with Gasteiger partial charge in [-0.15, -0.1) is 0 Å². The van der Waals surface area contributed by atoms with Crippen LogP contribution in [0.15, 0.2) is 0 Å². The Labute approximate surface area is 97.8 Å². The first-order valence-corrected chi connectivity index (χ1v) is 7.06. The highest BCUT2D eigenvalue weighted by Crippen LogP contribution is 2.13. The predicted octanol–water partition coefficient (Wildman–Crippen LogP) is 5.91. The van der Waals surface area contributed by atoms with Gasteiger partial charge >= 0.3 is 0 Å². The van der Waals surface area contributed by atoms with Gasteiger partial charge in [0.15, 0.2) is 0 Å². The molecule has 91 valence electrons. The first-order chi connectivity index (χ1) is 7.27. The van der Waals surface area contributed by atoms with E-state index >= 15 is 0 Å². The van der Waals surface area contributed by atoms with Crippen molar-refractivity contribution < 1.29 is 0 Å². The van der Waals surface area contributed by atoms with E-state index in [1.54, 1.807) is 5.92 Å². The van der Waals surface area contributed by atoms with Gasteiger partial charge in [-0.3, -0.25) is 0 Å². The quantitative estimate of drug-likeness (QED) is 0.373. The molecule has 0 saturated heterocycles. The lowest BCUT2D eigenvalue weighted by Gasteiger charge is -2.04. The second kappa shape index (κ2) is 12.1. The van der Waals surface area contributed by atoms with E-state index in [1.165, 1.54) is 70.6 Å². The Hall–Kier alpha value is 0. The molecular weight excluding hydrogens is 180 g/mol. The molecule has 0 aromatic heterocycles. The van der Waals surface area contributed by atoms with Crippen molar-refractivity contribution in [3.8, 4) is 0 Å². The fraction of sp³-hybridized carbons (Fsp3) is 0.933. The predicted molar refractivity (Wildman–Crippen MR) is 71.1 cm³/mol. The maximum absolute atomic E-state index is 2.28. The molecule has 0 fully saturated rings. The first kappa shape index (κ1) is 15.0. The molecule has 0 heteroatoms. The average Bonchev–Trinajstić information content (AvgIpc) is 2.20. The Balaban J connectivity index is 2.87. The maximum atomic E-state index is 2.28. The molecule has 0 aromatic rings. The third-order valence-corrected chi connectivity index (χ3v) is 3.03. The van der Waals surface area contributed by atoms with Gasteiger partial charge in [-0.25, -0.2) is 0 Å². The minimum atomic E-state index is 1.34. The lowest BCUT2D eigenvalue weighted by molar-refractivity contribution is 0.551. The molecule has 0 aliphatic carbocycles. The Morgan fingerprint density at radius 2 is 1.00 bits per heavy atom. The summed E-state index contributed by atoms with van der Waals surface area (Å²) in [6, 6.07) is 0. The highest BCUT2D eigenvalue weighted by atomic mass is 14.0. The monoisotopic (exact) mass is 211 g/mol. The van der Waals surface area contributed by atoms with Crippen LogP contribution >= 0.6 is 0 Å². The molecule has 0 atom stereocenters. The third kappa shape index (κ3) is 14.0. The van der Waals surface area contributed by atoms with Crippen LogP contribution in [0.1, 0.15) is 91.4 Å². The van der Waals surface area contributed by atoms with Crippen molar-refractivity contribution in [2.45, 2.75) is 91.4 Å². The van der Waals surface area contributed by atoms with Gasteiger partial charge in [0.25, 0.3) is 0 Å². The van der Waals surface area contributed by atoms with Crippen LogP contribution in [0, 0.1) is 5.92 Å². The van der Waals surface area contributed by atoms with Gasteiger partial charge in [-0.2, -0.15) is 0 Å². The Bertz CT molecular complexity index is 105. The minimum absolute atomic E-state index is 1.34. The van der Waals surface area contributed by atoms with Gasteiger partial charge in [0.2, 0.25) is 0 Å². The van der Waals surface area contributed by atoms with Crippen LogP contribution < -0.4 is 0 Å². The zero-order valence-corrected chi connectivity index (χ0v) is 11.3. The number of hydrogen-bond donors (Lipinski definition) is 0. The number of unbranched alkanes of at least 4 members (excludes halogenated alkanes) is 9. The van der Waals surface area contributed by atoms with E-state index in [0.29, 0.717) is 0 Å². The molecule has 0 rings (SSSR count). The summed E-state index contributed by atoms with van der Waals surface area (Å²) >= 11 is 0. The van der Waals surface area contributed by atoms with Crippen molar-refractivity contribution in [2.75, 3.05) is 0 Å². The van der Waals surface area contributed by atoms with E-state index in [1.807, 2.05) is 0 Å². The van der Waals surface area contributed by atoms with Crippen molar-refractivity contribution in [1.82, 2.24) is 0 Å². The summed E-state index contributed by atoms with van der Waals surface area (Å²) in [6.45, 7) is 6.77. The molecule has 0 N–H and O–H groups in total. The summed E-state index contributed by atoms with van der Waals surface area (Å²) in [5.41, 5.74) is 0. The van der Waals surface area contributed by atoms with Crippen LogP contribution in [-0.4, -0.2) is 0 Å². The summed E-state index contributed by atoms with van der Waals surface area (Å²) in [4.78, 5) is 0. The Kier molecular flexibility index (Phi) is 12.1. The summed E-state index contributed by atoms with van der Waals surface area (Å²) < 4.78 is 0. The van der Waals surface area contributed by atoms with E-state index in [9.17, 15) is 0 Å². The van der Waals surface area contributed by atoms with E-state index in [-0.39, 0.29) is 0 Å². The van der Waals surface area contributed by atoms with E-state index < -0.39 is 0 Å². The van der Waals surface area contributed by atoms with Gasteiger partial charge in [0.1, 0.15) is 0 Å². The highest BCUT2D eigenvalue weighted by molar-refractivity contribution is 4.75. The molecule has 15 heavy (non-hydrogen) atoms. The van der Waals surface area contributed by atoms with Crippen LogP contribution in [0.3, 0.4) is 0 Å². The SMILES string of the molecule is CCCCCCCCCCCC[C](C)C. The van der Waals surface area contributed by atoms with Crippen molar-refractivity contribution >= 4 is 0 Å². The lowest BCUT2D eigenvalue weighted by Crippen LogP contribution is -1.85. The van der Waals surface area contributed by atoms with Crippen LogP contribution in [0.25, 0.3) is 0 Å². The second-order valence-corrected chi connectivity index (χ2v) is 5.14. The number of rotatable bonds is 11. The lowest BCUT2D eigenvalue weighted by atomic mass is 10.0. The molecule has 0 aliphatic rings.